The van der Waals surface area contributed by atoms with Crippen molar-refractivity contribution in [2.24, 2.45) is 0 Å². The summed E-state index contributed by atoms with van der Waals surface area (Å²) in [5.74, 6) is -0.106. The Kier molecular flexibility index (Phi) is 2.68. The molecule has 0 fully saturated rings. The predicted molar refractivity (Wildman–Crippen MR) is 76.7 cm³/mol. The average molecular weight is 321 g/mol. The number of nitrogens with one attached hydrogen (secondary N) is 3. The van der Waals surface area contributed by atoms with Crippen molar-refractivity contribution < 1.29 is 18.3 Å². The van der Waals surface area contributed by atoms with Crippen LogP contribution in [0.25, 0.3) is 16.7 Å². The number of H-pyrrole nitrogens is 2. The van der Waals surface area contributed by atoms with Crippen LogP contribution in [0.5, 0.6) is 0 Å². The van der Waals surface area contributed by atoms with Gasteiger partial charge in [0.15, 0.2) is 0 Å². The van der Waals surface area contributed by atoms with Gasteiger partial charge in [0.25, 0.3) is 0 Å². The number of benzene rings is 1. The van der Waals surface area contributed by atoms with Crippen LogP contribution in [-0.2, 0) is 6.18 Å². The Balaban J connectivity index is 1.82. The summed E-state index contributed by atoms with van der Waals surface area (Å²) in [7, 11) is 0. The normalized spacial score (nSPS) is 17.7. The number of nitrogens with zero attached hydrogens (tertiary/aromatic N) is 2. The predicted octanol–water partition coefficient (Wildman–Crippen LogP) is 3.37. The smallest absolute Gasteiger partial charge is 0.433 e. The standard InChI is InChI=1S/C14H10F3N5O/c15-14(16,17)13-7(5-19-22-13)10-3-11(23)12-6-4-18-21-8(6)1-2-9(12)20-10/h1-5,10,20,23H,(H,18,21)(H,19,22). The maximum absolute atomic E-state index is 13.0. The molecule has 1 atom stereocenters. The van der Waals surface area contributed by atoms with E-state index >= 15 is 0 Å². The summed E-state index contributed by atoms with van der Waals surface area (Å²) in [6.45, 7) is 0. The van der Waals surface area contributed by atoms with Crippen LogP contribution in [0.4, 0.5) is 18.9 Å². The maximum Gasteiger partial charge on any atom is 0.433 e. The van der Waals surface area contributed by atoms with Gasteiger partial charge in [0, 0.05) is 16.6 Å². The summed E-state index contributed by atoms with van der Waals surface area (Å²) < 4.78 is 39.0. The Morgan fingerprint density at radius 1 is 1.09 bits per heavy atom. The molecule has 4 N–H and O–H groups in total. The highest BCUT2D eigenvalue weighted by Gasteiger charge is 2.38. The lowest BCUT2D eigenvalue weighted by molar-refractivity contribution is -0.141. The molecule has 3 heterocycles. The van der Waals surface area contributed by atoms with Gasteiger partial charge in [0.2, 0.25) is 0 Å². The van der Waals surface area contributed by atoms with Crippen molar-refractivity contribution in [3.8, 4) is 0 Å². The first-order valence-corrected chi connectivity index (χ1v) is 6.69. The first kappa shape index (κ1) is 13.7. The Hall–Kier alpha value is -2.97. The molecular formula is C14H10F3N5O. The molecule has 0 aliphatic carbocycles. The van der Waals surface area contributed by atoms with Gasteiger partial charge >= 0.3 is 6.18 Å². The van der Waals surface area contributed by atoms with Crippen molar-refractivity contribution in [3.63, 3.8) is 0 Å². The summed E-state index contributed by atoms with van der Waals surface area (Å²) in [5, 5.41) is 26.1. The molecule has 3 aromatic rings. The van der Waals surface area contributed by atoms with Crippen molar-refractivity contribution in [1.29, 1.82) is 0 Å². The number of halogens is 3. The number of anilines is 1. The van der Waals surface area contributed by atoms with Crippen LogP contribution < -0.4 is 5.32 Å². The molecule has 0 bridgehead atoms. The van der Waals surface area contributed by atoms with Crippen LogP contribution in [-0.4, -0.2) is 25.5 Å². The van der Waals surface area contributed by atoms with Gasteiger partial charge < -0.3 is 10.4 Å². The minimum Gasteiger partial charge on any atom is -0.507 e. The van der Waals surface area contributed by atoms with E-state index in [4.69, 9.17) is 0 Å². The average Bonchev–Trinajstić information content (AvgIpc) is 3.15. The number of hydrogen-bond donors (Lipinski definition) is 4. The molecule has 1 aliphatic rings. The molecule has 0 amide bonds. The Bertz CT molecular complexity index is 924. The Morgan fingerprint density at radius 3 is 2.65 bits per heavy atom. The number of aliphatic hydroxyl groups excluding tert-OH is 1. The molecule has 2 aromatic heterocycles. The van der Waals surface area contributed by atoms with Gasteiger partial charge in [0.05, 0.1) is 29.5 Å². The van der Waals surface area contributed by atoms with Gasteiger partial charge in [-0.3, -0.25) is 10.2 Å². The van der Waals surface area contributed by atoms with E-state index in [-0.39, 0.29) is 11.3 Å². The highest BCUT2D eigenvalue weighted by molar-refractivity contribution is 5.97. The second-order valence-electron chi connectivity index (χ2n) is 5.19. The lowest BCUT2D eigenvalue weighted by Gasteiger charge is -2.25. The van der Waals surface area contributed by atoms with E-state index in [1.165, 1.54) is 6.08 Å². The topological polar surface area (TPSA) is 89.6 Å². The minimum absolute atomic E-state index is 0.0815. The van der Waals surface area contributed by atoms with Crippen molar-refractivity contribution in [2.75, 3.05) is 5.32 Å². The lowest BCUT2D eigenvalue weighted by atomic mass is 9.96. The molecule has 0 saturated carbocycles. The number of alkyl halides is 3. The van der Waals surface area contributed by atoms with Gasteiger partial charge in [0.1, 0.15) is 11.5 Å². The van der Waals surface area contributed by atoms with Crippen molar-refractivity contribution >= 4 is 22.3 Å². The van der Waals surface area contributed by atoms with Crippen LogP contribution in [0.1, 0.15) is 22.9 Å². The van der Waals surface area contributed by atoms with E-state index in [1.54, 1.807) is 18.3 Å². The number of aromatic nitrogens is 4. The van der Waals surface area contributed by atoms with Crippen LogP contribution in [0, 0.1) is 0 Å². The first-order chi connectivity index (χ1) is 10.9. The third kappa shape index (κ3) is 2.04. The molecule has 0 radical (unpaired) electrons. The van der Waals surface area contributed by atoms with Crippen LogP contribution in [0.2, 0.25) is 0 Å². The van der Waals surface area contributed by atoms with E-state index in [2.05, 4.69) is 20.6 Å². The largest absolute Gasteiger partial charge is 0.507 e. The third-order valence-corrected chi connectivity index (χ3v) is 3.80. The first-order valence-electron chi connectivity index (χ1n) is 6.69. The molecule has 0 spiro atoms. The minimum atomic E-state index is -4.55. The van der Waals surface area contributed by atoms with Gasteiger partial charge in [-0.2, -0.15) is 23.4 Å². The molecule has 9 heteroatoms. The fourth-order valence-corrected chi connectivity index (χ4v) is 2.79. The summed E-state index contributed by atoms with van der Waals surface area (Å²) in [5.41, 5.74) is 0.736. The molecule has 1 aliphatic heterocycles. The fraction of sp³-hybridized carbons (Fsp3) is 0.143. The van der Waals surface area contributed by atoms with E-state index in [1.807, 2.05) is 5.10 Å². The number of fused-ring (bicyclic) bond motifs is 3. The lowest BCUT2D eigenvalue weighted by Crippen LogP contribution is -2.18. The van der Waals surface area contributed by atoms with Gasteiger partial charge in [-0.1, -0.05) is 0 Å². The second kappa shape index (κ2) is 4.51. The number of hydrogen-bond acceptors (Lipinski definition) is 4. The molecule has 1 unspecified atom stereocenters. The molecule has 4 rings (SSSR count). The number of aliphatic hydroxyl groups is 1. The highest BCUT2D eigenvalue weighted by Crippen LogP contribution is 2.40. The zero-order valence-electron chi connectivity index (χ0n) is 11.4. The monoisotopic (exact) mass is 321 g/mol. The summed E-state index contributed by atoms with van der Waals surface area (Å²) >= 11 is 0. The van der Waals surface area contributed by atoms with Gasteiger partial charge in [-0.15, -0.1) is 0 Å². The van der Waals surface area contributed by atoms with E-state index in [0.29, 0.717) is 16.6 Å². The molecule has 0 saturated heterocycles. The van der Waals surface area contributed by atoms with E-state index in [0.717, 1.165) is 11.7 Å². The Labute approximate surface area is 127 Å². The maximum atomic E-state index is 13.0. The highest BCUT2D eigenvalue weighted by atomic mass is 19.4. The molecule has 6 nitrogen and oxygen atoms in total. The van der Waals surface area contributed by atoms with Gasteiger partial charge in [-0.05, 0) is 18.2 Å². The van der Waals surface area contributed by atoms with Crippen molar-refractivity contribution in [2.45, 2.75) is 12.2 Å². The summed E-state index contributed by atoms with van der Waals surface area (Å²) in [6.07, 6.45) is -0.564. The molecule has 1 aromatic carbocycles. The quantitative estimate of drug-likeness (QED) is 0.553. The SMILES string of the molecule is OC1=CC(c2cn[nH]c2C(F)(F)F)Nc2ccc3[nH]ncc3c21. The van der Waals surface area contributed by atoms with Crippen LogP contribution >= 0.6 is 0 Å². The van der Waals surface area contributed by atoms with Crippen molar-refractivity contribution in [1.82, 2.24) is 20.4 Å². The summed E-state index contributed by atoms with van der Waals surface area (Å²) in [4.78, 5) is 0. The number of rotatable bonds is 1. The summed E-state index contributed by atoms with van der Waals surface area (Å²) in [6, 6.07) is 2.57. The van der Waals surface area contributed by atoms with E-state index < -0.39 is 17.9 Å². The molecule has 118 valence electrons. The zero-order chi connectivity index (χ0) is 16.2. The van der Waals surface area contributed by atoms with E-state index in [9.17, 15) is 18.3 Å². The van der Waals surface area contributed by atoms with Crippen LogP contribution in [0.3, 0.4) is 0 Å². The third-order valence-electron chi connectivity index (χ3n) is 3.80. The molecular weight excluding hydrogens is 311 g/mol. The Morgan fingerprint density at radius 2 is 1.87 bits per heavy atom. The second-order valence-corrected chi connectivity index (χ2v) is 5.19. The number of aromatic amines is 2. The fourth-order valence-electron chi connectivity index (χ4n) is 2.79. The van der Waals surface area contributed by atoms with Gasteiger partial charge in [-0.25, -0.2) is 0 Å². The van der Waals surface area contributed by atoms with Crippen molar-refractivity contribution in [3.05, 3.63) is 47.4 Å². The van der Waals surface area contributed by atoms with Crippen LogP contribution in [0.15, 0.2) is 30.6 Å². The molecule has 23 heavy (non-hydrogen) atoms. The zero-order valence-corrected chi connectivity index (χ0v) is 11.4.